The van der Waals surface area contributed by atoms with Crippen molar-refractivity contribution in [2.24, 2.45) is 0 Å². The maximum atomic E-state index is 12.6. The maximum Gasteiger partial charge on any atom is 0.319 e. The van der Waals surface area contributed by atoms with Crippen molar-refractivity contribution in [2.75, 3.05) is 63.9 Å². The van der Waals surface area contributed by atoms with Crippen LogP contribution in [0.1, 0.15) is 168 Å². The van der Waals surface area contributed by atoms with Crippen molar-refractivity contribution in [3.8, 4) is 0 Å². The van der Waals surface area contributed by atoms with Crippen molar-refractivity contribution in [1.82, 2.24) is 0 Å². The number of quaternary nitrogens is 1. The minimum atomic E-state index is -4.68. The smallest absolute Gasteiger partial charge is 0.319 e. The molecular weight excluding hydrogens is 706 g/mol. The molecule has 0 spiro atoms. The number of hydrogen-bond acceptors (Lipinski definition) is 10. The summed E-state index contributed by atoms with van der Waals surface area (Å²) in [7, 11) is 1.08. The summed E-state index contributed by atoms with van der Waals surface area (Å²) in [5.74, 6) is 0.703. The summed E-state index contributed by atoms with van der Waals surface area (Å²) in [4.78, 5) is 37.5. The van der Waals surface area contributed by atoms with E-state index in [1.165, 1.54) is 152 Å². The van der Waals surface area contributed by atoms with Gasteiger partial charge in [0.15, 0.2) is 0 Å². The van der Waals surface area contributed by atoms with Gasteiger partial charge >= 0.3 is 11.9 Å². The Morgan fingerprint density at radius 2 is 0.902 bits per heavy atom. The number of phosphoric ester groups is 1. The first kappa shape index (κ1) is 50.7. The predicted molar refractivity (Wildman–Crippen MR) is 215 cm³/mol. The van der Waals surface area contributed by atoms with E-state index in [9.17, 15) is 19.0 Å². The van der Waals surface area contributed by atoms with Crippen LogP contribution < -0.4 is 4.89 Å². The largest absolute Gasteiger partial charge is 0.756 e. The predicted octanol–water partition coefficient (Wildman–Crippen LogP) is 10.5. The lowest BCUT2D eigenvalue weighted by Crippen LogP contribution is -2.37. The van der Waals surface area contributed by atoms with E-state index in [0.717, 1.165) is 37.2 Å². The zero-order valence-electron chi connectivity index (χ0n) is 33.5. The van der Waals surface area contributed by atoms with Gasteiger partial charge in [0, 0.05) is 0 Å². The lowest BCUT2D eigenvalue weighted by Gasteiger charge is -2.28. The zero-order chi connectivity index (χ0) is 37.9. The van der Waals surface area contributed by atoms with E-state index in [-0.39, 0.29) is 18.1 Å². The lowest BCUT2D eigenvalue weighted by atomic mass is 10.1. The van der Waals surface area contributed by atoms with Crippen molar-refractivity contribution < 1.29 is 42.1 Å². The lowest BCUT2D eigenvalue weighted by molar-refractivity contribution is -0.870. The Morgan fingerprint density at radius 1 is 0.569 bits per heavy atom. The number of nitrogens with zero attached hydrogens (tertiary/aromatic N) is 1. The second-order valence-electron chi connectivity index (χ2n) is 14.9. The van der Waals surface area contributed by atoms with Crippen molar-refractivity contribution in [3.63, 3.8) is 0 Å². The molecule has 304 valence electrons. The molecule has 0 aliphatic rings. The first-order valence-corrected chi connectivity index (χ1v) is 24.2. The highest BCUT2D eigenvalue weighted by Gasteiger charge is 2.23. The topological polar surface area (TPSA) is 111 Å². The highest BCUT2D eigenvalue weighted by molar-refractivity contribution is 8.00. The van der Waals surface area contributed by atoms with Gasteiger partial charge in [-0.2, -0.15) is 23.5 Å². The molecular formula is C39H78NO8PS2. The van der Waals surface area contributed by atoms with E-state index < -0.39 is 32.7 Å². The SMILES string of the molecule is CCCCCCCCCCCCCCSCC(=O)OC(COP(=O)([O-])OCC[N+](C)(C)C)OC(=O)CSCCCCCCCCCCCCCC. The third kappa shape index (κ3) is 39.2. The van der Waals surface area contributed by atoms with Crippen LogP contribution in [0.4, 0.5) is 0 Å². The van der Waals surface area contributed by atoms with Crippen molar-refractivity contribution in [3.05, 3.63) is 0 Å². The molecule has 12 heteroatoms. The molecule has 0 aliphatic carbocycles. The molecule has 0 saturated carbocycles. The van der Waals surface area contributed by atoms with Gasteiger partial charge in [-0.15, -0.1) is 0 Å². The summed E-state index contributed by atoms with van der Waals surface area (Å²) in [6.45, 7) is 4.26. The van der Waals surface area contributed by atoms with Gasteiger partial charge in [0.05, 0.1) is 32.6 Å². The number of carbonyl (C=O) groups is 2. The summed E-state index contributed by atoms with van der Waals surface area (Å²) in [6, 6.07) is 0. The average molecular weight is 784 g/mol. The van der Waals surface area contributed by atoms with Gasteiger partial charge in [0.2, 0.25) is 0 Å². The van der Waals surface area contributed by atoms with Gasteiger partial charge in [-0.3, -0.25) is 14.2 Å². The molecule has 9 nitrogen and oxygen atoms in total. The van der Waals surface area contributed by atoms with E-state index in [4.69, 9.17) is 18.5 Å². The van der Waals surface area contributed by atoms with Crippen molar-refractivity contribution in [1.29, 1.82) is 0 Å². The number of esters is 2. The molecule has 0 fully saturated rings. The van der Waals surface area contributed by atoms with E-state index in [1.807, 2.05) is 21.1 Å². The molecule has 51 heavy (non-hydrogen) atoms. The number of unbranched alkanes of at least 4 members (excludes halogenated alkanes) is 22. The molecule has 0 aliphatic heterocycles. The Bertz CT molecular complexity index is 816. The Balaban J connectivity index is 4.36. The molecule has 0 aromatic rings. The van der Waals surface area contributed by atoms with Crippen LogP contribution in [0.3, 0.4) is 0 Å². The van der Waals surface area contributed by atoms with Crippen LogP contribution >= 0.6 is 31.3 Å². The summed E-state index contributed by atoms with van der Waals surface area (Å²) in [5, 5.41) is 0. The Kier molecular flexibility index (Phi) is 35.2. The maximum absolute atomic E-state index is 12.6. The molecule has 0 heterocycles. The van der Waals surface area contributed by atoms with Crippen LogP contribution in [0.15, 0.2) is 0 Å². The van der Waals surface area contributed by atoms with E-state index >= 15 is 0 Å². The van der Waals surface area contributed by atoms with Crippen LogP contribution in [0.2, 0.25) is 0 Å². The van der Waals surface area contributed by atoms with E-state index in [2.05, 4.69) is 13.8 Å². The van der Waals surface area contributed by atoms with Crippen LogP contribution in [0, 0.1) is 0 Å². The van der Waals surface area contributed by atoms with Gasteiger partial charge in [-0.25, -0.2) is 0 Å². The molecule has 0 aromatic heterocycles. The highest BCUT2D eigenvalue weighted by atomic mass is 32.2. The second kappa shape index (κ2) is 35.4. The van der Waals surface area contributed by atoms with Gasteiger partial charge in [0.1, 0.15) is 19.8 Å². The minimum Gasteiger partial charge on any atom is -0.756 e. The second-order valence-corrected chi connectivity index (χ2v) is 18.5. The fourth-order valence-electron chi connectivity index (χ4n) is 5.47. The molecule has 1 atom stereocenters. The third-order valence-corrected chi connectivity index (χ3v) is 11.6. The molecule has 0 rings (SSSR count). The number of thioether (sulfide) groups is 2. The molecule has 0 amide bonds. The number of ether oxygens (including phenoxy) is 2. The molecule has 1 unspecified atom stereocenters. The third-order valence-electron chi connectivity index (χ3n) is 8.63. The first-order chi connectivity index (χ1) is 24.5. The molecule has 0 saturated heterocycles. The number of hydrogen-bond donors (Lipinski definition) is 0. The Labute approximate surface area is 322 Å². The van der Waals surface area contributed by atoms with Crippen LogP contribution in [0.25, 0.3) is 0 Å². The number of carbonyl (C=O) groups excluding carboxylic acids is 2. The van der Waals surface area contributed by atoms with Crippen molar-refractivity contribution in [2.45, 2.75) is 174 Å². The average Bonchev–Trinajstić information content (AvgIpc) is 3.07. The van der Waals surface area contributed by atoms with E-state index in [0.29, 0.717) is 11.0 Å². The monoisotopic (exact) mass is 783 g/mol. The van der Waals surface area contributed by atoms with Crippen LogP contribution in [-0.4, -0.2) is 86.6 Å². The van der Waals surface area contributed by atoms with Gasteiger partial charge < -0.3 is 27.9 Å². The molecule has 0 bridgehead atoms. The standard InChI is InChI=1S/C39H78NO8PS2/c1-6-8-10-12-14-16-18-20-22-24-26-28-32-50-35-37(41)47-39(34-46-49(43,44)45-31-30-40(3,4)5)48-38(42)36-51-33-29-27-25-23-21-19-17-15-13-11-9-7-2/h39H,6-36H2,1-5H3. The van der Waals surface area contributed by atoms with Gasteiger partial charge in [0.25, 0.3) is 14.1 Å². The highest BCUT2D eigenvalue weighted by Crippen LogP contribution is 2.38. The number of likely N-dealkylation sites (N-methyl/N-ethyl adjacent to an activating group) is 1. The summed E-state index contributed by atoms with van der Waals surface area (Å²) < 4.78 is 33.5. The fraction of sp³-hybridized carbons (Fsp3) is 0.949. The summed E-state index contributed by atoms with van der Waals surface area (Å²) in [6.07, 6.45) is 29.2. The first-order valence-electron chi connectivity index (χ1n) is 20.4. The number of phosphoric acid groups is 1. The minimum absolute atomic E-state index is 0.0555. The van der Waals surface area contributed by atoms with Crippen LogP contribution in [0.5, 0.6) is 0 Å². The van der Waals surface area contributed by atoms with Gasteiger partial charge in [-0.05, 0) is 24.3 Å². The number of rotatable bonds is 39. The zero-order valence-corrected chi connectivity index (χ0v) is 36.0. The van der Waals surface area contributed by atoms with E-state index in [1.54, 1.807) is 0 Å². The summed E-state index contributed by atoms with van der Waals surface area (Å²) in [5.41, 5.74) is 0. The molecule has 0 aromatic carbocycles. The molecule has 0 radical (unpaired) electrons. The van der Waals surface area contributed by atoms with Gasteiger partial charge in [-0.1, -0.05) is 155 Å². The van der Waals surface area contributed by atoms with Crippen LogP contribution in [-0.2, 0) is 32.7 Å². The Hall–Kier alpha value is -0.290. The van der Waals surface area contributed by atoms with Crippen molar-refractivity contribution >= 4 is 43.3 Å². The fourth-order valence-corrected chi connectivity index (χ4v) is 7.73. The normalized spacial score (nSPS) is 13.1. The molecule has 0 N–H and O–H groups in total. The quantitative estimate of drug-likeness (QED) is 0.0196. The summed E-state index contributed by atoms with van der Waals surface area (Å²) >= 11 is 2.94. The Morgan fingerprint density at radius 3 is 1.24 bits per heavy atom.